The minimum absolute atomic E-state index is 0.0688. The summed E-state index contributed by atoms with van der Waals surface area (Å²) in [6.45, 7) is 0.0754. The van der Waals surface area contributed by atoms with Crippen LogP contribution in [0, 0.1) is 11.6 Å². The molecule has 0 fully saturated rings. The topological polar surface area (TPSA) is 43.1 Å². The van der Waals surface area contributed by atoms with Crippen LogP contribution in [0.5, 0.6) is 0 Å². The maximum Gasteiger partial charge on any atom is 0.139 e. The lowest BCUT2D eigenvalue weighted by molar-refractivity contribution is 0.590. The molecular formula is C14H13F2NOS. The molecule has 0 bridgehead atoms. The Labute approximate surface area is 112 Å². The molecule has 1 unspecified atom stereocenters. The lowest BCUT2D eigenvalue weighted by Crippen LogP contribution is -2.05. The molecule has 100 valence electrons. The van der Waals surface area contributed by atoms with Gasteiger partial charge < -0.3 is 5.73 Å². The van der Waals surface area contributed by atoms with Gasteiger partial charge in [0.05, 0.1) is 21.4 Å². The van der Waals surface area contributed by atoms with Gasteiger partial charge in [0.1, 0.15) is 11.6 Å². The summed E-state index contributed by atoms with van der Waals surface area (Å²) in [5, 5.41) is 0. The summed E-state index contributed by atoms with van der Waals surface area (Å²) in [4.78, 5) is 0.0834. The molecule has 2 rings (SSSR count). The van der Waals surface area contributed by atoms with Gasteiger partial charge >= 0.3 is 0 Å². The molecule has 19 heavy (non-hydrogen) atoms. The standard InChI is InChI=1S/C14H13F2NOS/c15-12-6-1-2-7-13(12)19(18)9-11-5-3-4-10(8-17)14(11)16/h1-7H,8-9,17H2. The third-order valence-corrected chi connectivity index (χ3v) is 4.14. The third-order valence-electron chi connectivity index (χ3n) is 2.75. The van der Waals surface area contributed by atoms with Crippen molar-refractivity contribution in [3.63, 3.8) is 0 Å². The van der Waals surface area contributed by atoms with Crippen molar-refractivity contribution in [1.29, 1.82) is 0 Å². The van der Waals surface area contributed by atoms with Crippen molar-refractivity contribution in [2.75, 3.05) is 0 Å². The molecule has 0 aliphatic carbocycles. The Bertz CT molecular complexity index is 616. The molecule has 0 aliphatic heterocycles. The molecule has 2 aromatic carbocycles. The zero-order chi connectivity index (χ0) is 13.8. The molecule has 0 aliphatic rings. The number of benzene rings is 2. The van der Waals surface area contributed by atoms with Crippen LogP contribution in [0.15, 0.2) is 47.4 Å². The predicted octanol–water partition coefficient (Wildman–Crippen LogP) is 2.73. The van der Waals surface area contributed by atoms with Crippen LogP contribution in [0.25, 0.3) is 0 Å². The highest BCUT2D eigenvalue weighted by molar-refractivity contribution is 7.84. The van der Waals surface area contributed by atoms with Crippen molar-refractivity contribution in [3.8, 4) is 0 Å². The fourth-order valence-corrected chi connectivity index (χ4v) is 2.93. The van der Waals surface area contributed by atoms with Crippen LogP contribution in [-0.2, 0) is 23.1 Å². The van der Waals surface area contributed by atoms with E-state index in [1.165, 1.54) is 24.3 Å². The first-order valence-corrected chi connectivity index (χ1v) is 7.04. The SMILES string of the molecule is NCc1cccc(CS(=O)c2ccccc2F)c1F. The van der Waals surface area contributed by atoms with Crippen LogP contribution in [0.4, 0.5) is 8.78 Å². The molecule has 0 radical (unpaired) electrons. The Balaban J connectivity index is 2.27. The van der Waals surface area contributed by atoms with Gasteiger partial charge in [-0.2, -0.15) is 0 Å². The Hall–Kier alpha value is -1.59. The predicted molar refractivity (Wildman–Crippen MR) is 70.8 cm³/mol. The molecule has 0 aromatic heterocycles. The van der Waals surface area contributed by atoms with Crippen molar-refractivity contribution < 1.29 is 13.0 Å². The highest BCUT2D eigenvalue weighted by Gasteiger charge is 2.14. The van der Waals surface area contributed by atoms with E-state index in [0.29, 0.717) is 5.56 Å². The van der Waals surface area contributed by atoms with Gasteiger partial charge in [-0.05, 0) is 12.1 Å². The lowest BCUT2D eigenvalue weighted by atomic mass is 10.1. The normalized spacial score (nSPS) is 12.4. The fourth-order valence-electron chi connectivity index (χ4n) is 1.75. The molecule has 2 nitrogen and oxygen atoms in total. The molecule has 0 spiro atoms. The first-order chi connectivity index (χ1) is 9.13. The third kappa shape index (κ3) is 3.05. The molecule has 0 heterocycles. The lowest BCUT2D eigenvalue weighted by Gasteiger charge is -2.07. The van der Waals surface area contributed by atoms with Gasteiger partial charge in [0, 0.05) is 17.7 Å². The summed E-state index contributed by atoms with van der Waals surface area (Å²) in [6, 6.07) is 10.6. The first-order valence-electron chi connectivity index (χ1n) is 5.72. The number of rotatable bonds is 4. The minimum Gasteiger partial charge on any atom is -0.326 e. The van der Waals surface area contributed by atoms with Gasteiger partial charge in [0.2, 0.25) is 0 Å². The van der Waals surface area contributed by atoms with E-state index in [4.69, 9.17) is 5.73 Å². The van der Waals surface area contributed by atoms with Crippen molar-refractivity contribution >= 4 is 10.8 Å². The van der Waals surface area contributed by atoms with E-state index in [-0.39, 0.29) is 22.8 Å². The van der Waals surface area contributed by atoms with Crippen LogP contribution < -0.4 is 5.73 Å². The van der Waals surface area contributed by atoms with E-state index >= 15 is 0 Å². The smallest absolute Gasteiger partial charge is 0.139 e. The van der Waals surface area contributed by atoms with Crippen LogP contribution in [-0.4, -0.2) is 4.21 Å². The van der Waals surface area contributed by atoms with Gasteiger partial charge in [0.25, 0.3) is 0 Å². The maximum atomic E-state index is 13.9. The summed E-state index contributed by atoms with van der Waals surface area (Å²) in [7, 11) is -1.62. The van der Waals surface area contributed by atoms with Crippen molar-refractivity contribution in [1.82, 2.24) is 0 Å². The highest BCUT2D eigenvalue weighted by Crippen LogP contribution is 2.19. The molecule has 0 amide bonds. The Morgan fingerprint density at radius 3 is 2.37 bits per heavy atom. The highest BCUT2D eigenvalue weighted by atomic mass is 32.2. The average molecular weight is 281 g/mol. The van der Waals surface area contributed by atoms with Crippen molar-refractivity contribution in [2.45, 2.75) is 17.2 Å². The van der Waals surface area contributed by atoms with Crippen LogP contribution in [0.2, 0.25) is 0 Å². The van der Waals surface area contributed by atoms with Crippen molar-refractivity contribution in [2.24, 2.45) is 5.73 Å². The van der Waals surface area contributed by atoms with E-state index in [2.05, 4.69) is 0 Å². The summed E-state index contributed by atoms with van der Waals surface area (Å²) in [5.41, 5.74) is 6.06. The van der Waals surface area contributed by atoms with Crippen molar-refractivity contribution in [3.05, 3.63) is 65.2 Å². The Kier molecular flexibility index (Phi) is 4.39. The number of hydrogen-bond donors (Lipinski definition) is 1. The maximum absolute atomic E-state index is 13.9. The second-order valence-electron chi connectivity index (χ2n) is 4.01. The zero-order valence-electron chi connectivity index (χ0n) is 10.1. The quantitative estimate of drug-likeness (QED) is 0.936. The first kappa shape index (κ1) is 13.8. The molecule has 2 N–H and O–H groups in total. The number of nitrogens with two attached hydrogens (primary N) is 1. The monoisotopic (exact) mass is 281 g/mol. The molecule has 0 saturated carbocycles. The largest absolute Gasteiger partial charge is 0.326 e. The van der Waals surface area contributed by atoms with Gasteiger partial charge in [-0.15, -0.1) is 0 Å². The molecular weight excluding hydrogens is 268 g/mol. The van der Waals surface area contributed by atoms with Gasteiger partial charge in [0.15, 0.2) is 0 Å². The summed E-state index contributed by atoms with van der Waals surface area (Å²) < 4.78 is 39.5. The van der Waals surface area contributed by atoms with E-state index in [9.17, 15) is 13.0 Å². The minimum atomic E-state index is -1.62. The van der Waals surface area contributed by atoms with Gasteiger partial charge in [-0.3, -0.25) is 4.21 Å². The van der Waals surface area contributed by atoms with Gasteiger partial charge in [-0.25, -0.2) is 8.78 Å². The van der Waals surface area contributed by atoms with E-state index in [0.717, 1.165) is 0 Å². The van der Waals surface area contributed by atoms with Crippen LogP contribution in [0.3, 0.4) is 0 Å². The second-order valence-corrected chi connectivity index (χ2v) is 5.43. The van der Waals surface area contributed by atoms with E-state index in [1.54, 1.807) is 18.2 Å². The Morgan fingerprint density at radius 1 is 1.00 bits per heavy atom. The summed E-state index contributed by atoms with van der Waals surface area (Å²) in [6.07, 6.45) is 0. The summed E-state index contributed by atoms with van der Waals surface area (Å²) in [5.74, 6) is -1.08. The van der Waals surface area contributed by atoms with Crippen LogP contribution in [0.1, 0.15) is 11.1 Å². The second kappa shape index (κ2) is 6.04. The Morgan fingerprint density at radius 2 is 1.68 bits per heavy atom. The molecule has 1 atom stereocenters. The van der Waals surface area contributed by atoms with Crippen LogP contribution >= 0.6 is 0 Å². The number of halogens is 2. The summed E-state index contributed by atoms with van der Waals surface area (Å²) >= 11 is 0. The molecule has 5 heteroatoms. The average Bonchev–Trinajstić information content (AvgIpc) is 2.41. The van der Waals surface area contributed by atoms with E-state index < -0.39 is 22.4 Å². The molecule has 2 aromatic rings. The fraction of sp³-hybridized carbons (Fsp3) is 0.143. The van der Waals surface area contributed by atoms with E-state index in [1.807, 2.05) is 0 Å². The molecule has 0 saturated heterocycles. The number of hydrogen-bond acceptors (Lipinski definition) is 2. The van der Waals surface area contributed by atoms with Gasteiger partial charge in [-0.1, -0.05) is 30.3 Å². The zero-order valence-corrected chi connectivity index (χ0v) is 10.9.